The van der Waals surface area contributed by atoms with Crippen LogP contribution in [-0.4, -0.2) is 17.8 Å². The van der Waals surface area contributed by atoms with Crippen LogP contribution in [0.4, 0.5) is 0 Å². The molecule has 0 amide bonds. The molecule has 3 heteroatoms. The highest BCUT2D eigenvalue weighted by Crippen LogP contribution is 2.32. The summed E-state index contributed by atoms with van der Waals surface area (Å²) in [5.41, 5.74) is 2.46. The van der Waals surface area contributed by atoms with Crippen molar-refractivity contribution in [1.29, 1.82) is 0 Å². The normalized spacial score (nSPS) is 21.3. The molecule has 140 valence electrons. The molecule has 3 rings (SSSR count). The van der Waals surface area contributed by atoms with Crippen molar-refractivity contribution >= 4 is 0 Å². The summed E-state index contributed by atoms with van der Waals surface area (Å²) in [6.45, 7) is 6.32. The molecule has 26 heavy (non-hydrogen) atoms. The molecule has 0 aliphatic heterocycles. The van der Waals surface area contributed by atoms with Gasteiger partial charge in [0, 0.05) is 6.54 Å². The smallest absolute Gasteiger partial charge is 0.119 e. The van der Waals surface area contributed by atoms with E-state index in [-0.39, 0.29) is 0 Å². The van der Waals surface area contributed by atoms with Crippen molar-refractivity contribution in [2.75, 3.05) is 6.54 Å². The topological polar surface area (TPSA) is 41.5 Å². The predicted molar refractivity (Wildman–Crippen MR) is 107 cm³/mol. The first-order chi connectivity index (χ1) is 12.6. The number of hydrogen-bond acceptors (Lipinski definition) is 3. The average Bonchev–Trinajstić information content (AvgIpc) is 2.63. The molecule has 2 N–H and O–H groups in total. The Bertz CT molecular complexity index is 683. The van der Waals surface area contributed by atoms with Crippen LogP contribution in [0.3, 0.4) is 0 Å². The van der Waals surface area contributed by atoms with Gasteiger partial charge in [-0.1, -0.05) is 31.2 Å². The molecule has 2 aromatic carbocycles. The Labute approximate surface area is 157 Å². The summed E-state index contributed by atoms with van der Waals surface area (Å²) in [6.07, 6.45) is 5.21. The SMILES string of the molecule is Cc1cccc(O[C@@H]2CCCC(C(C)CNCc3ccc(O)cc3)C2)c1. The number of aromatic hydroxyl groups is 1. The van der Waals surface area contributed by atoms with Crippen LogP contribution in [0.15, 0.2) is 48.5 Å². The second-order valence-electron chi connectivity index (χ2n) is 7.76. The van der Waals surface area contributed by atoms with Gasteiger partial charge in [-0.25, -0.2) is 0 Å². The van der Waals surface area contributed by atoms with Crippen LogP contribution >= 0.6 is 0 Å². The monoisotopic (exact) mass is 353 g/mol. The molecular weight excluding hydrogens is 322 g/mol. The maximum absolute atomic E-state index is 9.35. The van der Waals surface area contributed by atoms with E-state index in [0.29, 0.717) is 23.7 Å². The Morgan fingerprint density at radius 1 is 1.15 bits per heavy atom. The third kappa shape index (κ3) is 5.50. The minimum absolute atomic E-state index is 0.323. The molecule has 2 aromatic rings. The van der Waals surface area contributed by atoms with E-state index < -0.39 is 0 Å². The number of phenols is 1. The van der Waals surface area contributed by atoms with Crippen molar-refractivity contribution in [1.82, 2.24) is 5.32 Å². The van der Waals surface area contributed by atoms with Gasteiger partial charge in [-0.15, -0.1) is 0 Å². The van der Waals surface area contributed by atoms with Gasteiger partial charge in [-0.3, -0.25) is 0 Å². The van der Waals surface area contributed by atoms with E-state index in [1.165, 1.54) is 24.0 Å². The van der Waals surface area contributed by atoms with Gasteiger partial charge in [-0.2, -0.15) is 0 Å². The van der Waals surface area contributed by atoms with Gasteiger partial charge in [0.05, 0.1) is 6.10 Å². The summed E-state index contributed by atoms with van der Waals surface area (Å²) < 4.78 is 6.26. The van der Waals surface area contributed by atoms with Crippen LogP contribution < -0.4 is 10.1 Å². The van der Waals surface area contributed by atoms with E-state index in [1.54, 1.807) is 12.1 Å². The lowest BCUT2D eigenvalue weighted by Gasteiger charge is -2.33. The summed E-state index contributed by atoms with van der Waals surface area (Å²) in [5, 5.41) is 12.9. The third-order valence-corrected chi connectivity index (χ3v) is 5.50. The Hall–Kier alpha value is -2.00. The first kappa shape index (κ1) is 18.8. The maximum atomic E-state index is 9.35. The molecule has 1 aliphatic rings. The summed E-state index contributed by atoms with van der Waals surface area (Å²) in [6, 6.07) is 15.8. The summed E-state index contributed by atoms with van der Waals surface area (Å²) in [4.78, 5) is 0. The fourth-order valence-electron chi connectivity index (χ4n) is 3.91. The lowest BCUT2D eigenvalue weighted by molar-refractivity contribution is 0.102. The van der Waals surface area contributed by atoms with Crippen molar-refractivity contribution in [2.24, 2.45) is 11.8 Å². The summed E-state index contributed by atoms with van der Waals surface area (Å²) >= 11 is 0. The number of aryl methyl sites for hydroxylation is 1. The zero-order valence-corrected chi connectivity index (χ0v) is 15.9. The van der Waals surface area contributed by atoms with Gasteiger partial charge in [0.15, 0.2) is 0 Å². The van der Waals surface area contributed by atoms with E-state index in [0.717, 1.165) is 31.7 Å². The third-order valence-electron chi connectivity index (χ3n) is 5.50. The molecule has 0 saturated heterocycles. The Morgan fingerprint density at radius 2 is 1.96 bits per heavy atom. The second-order valence-corrected chi connectivity index (χ2v) is 7.76. The highest BCUT2D eigenvalue weighted by atomic mass is 16.5. The molecule has 1 fully saturated rings. The first-order valence-electron chi connectivity index (χ1n) is 9.82. The van der Waals surface area contributed by atoms with Gasteiger partial charge >= 0.3 is 0 Å². The zero-order chi connectivity index (χ0) is 18.4. The number of hydrogen-bond donors (Lipinski definition) is 2. The number of benzene rings is 2. The van der Waals surface area contributed by atoms with Gasteiger partial charge in [0.25, 0.3) is 0 Å². The lowest BCUT2D eigenvalue weighted by atomic mass is 9.79. The number of rotatable bonds is 7. The Morgan fingerprint density at radius 3 is 2.73 bits per heavy atom. The average molecular weight is 354 g/mol. The molecule has 0 bridgehead atoms. The van der Waals surface area contributed by atoms with Gasteiger partial charge in [0.1, 0.15) is 11.5 Å². The molecule has 1 saturated carbocycles. The van der Waals surface area contributed by atoms with Crippen molar-refractivity contribution in [2.45, 2.75) is 52.2 Å². The fourth-order valence-corrected chi connectivity index (χ4v) is 3.91. The van der Waals surface area contributed by atoms with Crippen molar-refractivity contribution in [3.63, 3.8) is 0 Å². The first-order valence-corrected chi connectivity index (χ1v) is 9.82. The molecule has 3 nitrogen and oxygen atoms in total. The molecule has 2 unspecified atom stereocenters. The summed E-state index contributed by atoms with van der Waals surface area (Å²) in [7, 11) is 0. The predicted octanol–water partition coefficient (Wildman–Crippen LogP) is 5.06. The number of nitrogens with one attached hydrogen (secondary N) is 1. The van der Waals surface area contributed by atoms with Gasteiger partial charge < -0.3 is 15.2 Å². The van der Waals surface area contributed by atoms with Crippen LogP contribution in [0.2, 0.25) is 0 Å². The molecule has 0 aromatic heterocycles. The fraction of sp³-hybridized carbons (Fsp3) is 0.478. The van der Waals surface area contributed by atoms with Crippen LogP contribution in [0, 0.1) is 18.8 Å². The summed E-state index contributed by atoms with van der Waals surface area (Å²) in [5.74, 6) is 2.68. The van der Waals surface area contributed by atoms with Crippen molar-refractivity contribution < 1.29 is 9.84 Å². The number of phenolic OH excluding ortho intramolecular Hbond substituents is 1. The maximum Gasteiger partial charge on any atom is 0.119 e. The van der Waals surface area contributed by atoms with Crippen LogP contribution in [0.5, 0.6) is 11.5 Å². The van der Waals surface area contributed by atoms with Crippen LogP contribution in [0.25, 0.3) is 0 Å². The van der Waals surface area contributed by atoms with Crippen molar-refractivity contribution in [3.8, 4) is 11.5 Å². The molecule has 3 atom stereocenters. The Balaban J connectivity index is 1.45. The minimum Gasteiger partial charge on any atom is -0.508 e. The lowest BCUT2D eigenvalue weighted by Crippen LogP contribution is -2.33. The molecule has 0 spiro atoms. The number of ether oxygens (including phenoxy) is 1. The molecule has 0 heterocycles. The van der Waals surface area contributed by atoms with E-state index in [2.05, 4.69) is 43.4 Å². The Kier molecular flexibility index (Phi) is 6.56. The molecule has 0 radical (unpaired) electrons. The molecule has 1 aliphatic carbocycles. The van der Waals surface area contributed by atoms with Crippen molar-refractivity contribution in [3.05, 3.63) is 59.7 Å². The van der Waals surface area contributed by atoms with E-state index in [1.807, 2.05) is 12.1 Å². The van der Waals surface area contributed by atoms with Crippen LogP contribution in [0.1, 0.15) is 43.7 Å². The highest BCUT2D eigenvalue weighted by molar-refractivity contribution is 5.27. The van der Waals surface area contributed by atoms with Crippen LogP contribution in [-0.2, 0) is 6.54 Å². The second kappa shape index (κ2) is 9.09. The minimum atomic E-state index is 0.323. The van der Waals surface area contributed by atoms with E-state index >= 15 is 0 Å². The van der Waals surface area contributed by atoms with Gasteiger partial charge in [0.2, 0.25) is 0 Å². The van der Waals surface area contributed by atoms with E-state index in [4.69, 9.17) is 4.74 Å². The quantitative estimate of drug-likeness (QED) is 0.731. The standard InChI is InChI=1S/C23H31NO2/c1-17-5-3-7-22(13-17)26-23-8-4-6-20(14-23)18(2)15-24-16-19-9-11-21(25)12-10-19/h3,5,7,9-13,18,20,23-25H,4,6,8,14-16H2,1-2H3/t18?,20?,23-/m1/s1. The highest BCUT2D eigenvalue weighted by Gasteiger charge is 2.27. The molecular formula is C23H31NO2. The van der Waals surface area contributed by atoms with Gasteiger partial charge in [-0.05, 0) is 86.4 Å². The zero-order valence-electron chi connectivity index (χ0n) is 15.9. The largest absolute Gasteiger partial charge is 0.508 e. The van der Waals surface area contributed by atoms with E-state index in [9.17, 15) is 5.11 Å².